The largest absolute Gasteiger partial charge is 0.396 e. The lowest BCUT2D eigenvalue weighted by atomic mass is 10.2. The van der Waals surface area contributed by atoms with Crippen LogP contribution in [-0.4, -0.2) is 22.0 Å². The van der Waals surface area contributed by atoms with Crippen molar-refractivity contribution >= 4 is 11.6 Å². The molecule has 2 rings (SSSR count). The van der Waals surface area contributed by atoms with Crippen molar-refractivity contribution in [2.75, 3.05) is 12.3 Å². The number of carbonyl (C=O) groups excluding carboxylic acids is 1. The summed E-state index contributed by atoms with van der Waals surface area (Å²) in [4.78, 5) is 15.9. The summed E-state index contributed by atoms with van der Waals surface area (Å²) in [6.45, 7) is 0.440. The Bertz CT molecular complexity index is 594. The number of nitrogens with zero attached hydrogens (tertiary/aromatic N) is 2. The first-order valence-electron chi connectivity index (χ1n) is 5.87. The van der Waals surface area contributed by atoms with E-state index in [9.17, 15) is 9.18 Å². The molecule has 0 spiro atoms. The summed E-state index contributed by atoms with van der Waals surface area (Å²) >= 11 is 0. The molecule has 0 saturated carbocycles. The smallest absolute Gasteiger partial charge is 0.251 e. The van der Waals surface area contributed by atoms with Crippen molar-refractivity contribution in [2.45, 2.75) is 6.42 Å². The molecule has 100 valence electrons. The molecule has 19 heavy (non-hydrogen) atoms. The zero-order valence-electron chi connectivity index (χ0n) is 10.6. The van der Waals surface area contributed by atoms with Crippen LogP contribution in [0, 0.1) is 5.82 Å². The molecular weight excluding hydrogens is 247 g/mol. The molecule has 2 aromatic rings. The third kappa shape index (κ3) is 3.09. The quantitative estimate of drug-likeness (QED) is 0.811. The second kappa shape index (κ2) is 5.51. The lowest BCUT2D eigenvalue weighted by molar-refractivity contribution is 0.0953. The van der Waals surface area contributed by atoms with Crippen molar-refractivity contribution < 1.29 is 9.18 Å². The molecule has 1 amide bonds. The average Bonchev–Trinajstić information content (AvgIpc) is 2.78. The van der Waals surface area contributed by atoms with E-state index in [0.29, 0.717) is 13.0 Å². The van der Waals surface area contributed by atoms with Gasteiger partial charge in [0, 0.05) is 38.0 Å². The molecule has 0 unspecified atom stereocenters. The summed E-state index contributed by atoms with van der Waals surface area (Å²) in [7, 11) is 1.89. The summed E-state index contributed by atoms with van der Waals surface area (Å²) in [5, 5.41) is 2.71. The van der Waals surface area contributed by atoms with Crippen LogP contribution in [0.2, 0.25) is 0 Å². The predicted molar refractivity (Wildman–Crippen MR) is 70.1 cm³/mol. The van der Waals surface area contributed by atoms with Crippen LogP contribution < -0.4 is 11.1 Å². The molecule has 0 aliphatic heterocycles. The minimum atomic E-state index is -0.586. The van der Waals surface area contributed by atoms with Crippen molar-refractivity contribution in [3.63, 3.8) is 0 Å². The zero-order chi connectivity index (χ0) is 13.8. The lowest BCUT2D eigenvalue weighted by Gasteiger charge is -2.06. The monoisotopic (exact) mass is 262 g/mol. The van der Waals surface area contributed by atoms with Gasteiger partial charge in [0.1, 0.15) is 11.6 Å². The minimum Gasteiger partial charge on any atom is -0.396 e. The number of nitrogens with one attached hydrogen (secondary N) is 1. The normalized spacial score (nSPS) is 10.4. The van der Waals surface area contributed by atoms with E-state index in [2.05, 4.69) is 10.3 Å². The Morgan fingerprint density at radius 2 is 2.32 bits per heavy atom. The van der Waals surface area contributed by atoms with E-state index in [-0.39, 0.29) is 17.2 Å². The Kier molecular flexibility index (Phi) is 3.79. The molecule has 0 aliphatic carbocycles. The number of carbonyl (C=O) groups is 1. The molecule has 6 heteroatoms. The van der Waals surface area contributed by atoms with Gasteiger partial charge < -0.3 is 15.6 Å². The van der Waals surface area contributed by atoms with Crippen LogP contribution in [0.4, 0.5) is 10.1 Å². The van der Waals surface area contributed by atoms with Gasteiger partial charge in [-0.05, 0) is 18.2 Å². The van der Waals surface area contributed by atoms with E-state index in [0.717, 1.165) is 11.9 Å². The number of amides is 1. The van der Waals surface area contributed by atoms with Crippen LogP contribution >= 0.6 is 0 Å². The van der Waals surface area contributed by atoms with Crippen LogP contribution in [0.15, 0.2) is 30.6 Å². The summed E-state index contributed by atoms with van der Waals surface area (Å²) < 4.78 is 15.1. The first kappa shape index (κ1) is 13.1. The van der Waals surface area contributed by atoms with Gasteiger partial charge in [0.15, 0.2) is 0 Å². The van der Waals surface area contributed by atoms with Gasteiger partial charge in [0.05, 0.1) is 5.69 Å². The molecule has 0 radical (unpaired) electrons. The molecule has 1 aromatic carbocycles. The Morgan fingerprint density at radius 1 is 1.53 bits per heavy atom. The summed E-state index contributed by atoms with van der Waals surface area (Å²) in [5.74, 6) is -0.0337. The number of nitrogen functional groups attached to an aromatic ring is 1. The van der Waals surface area contributed by atoms with E-state index in [4.69, 9.17) is 5.73 Å². The van der Waals surface area contributed by atoms with Gasteiger partial charge in [-0.3, -0.25) is 4.79 Å². The number of anilines is 1. The van der Waals surface area contributed by atoms with Gasteiger partial charge in [-0.25, -0.2) is 9.37 Å². The molecule has 0 aliphatic rings. The molecule has 0 bridgehead atoms. The van der Waals surface area contributed by atoms with Crippen molar-refractivity contribution in [3.8, 4) is 0 Å². The van der Waals surface area contributed by atoms with Gasteiger partial charge in [-0.1, -0.05) is 0 Å². The number of nitrogens with two attached hydrogens (primary N) is 1. The fourth-order valence-electron chi connectivity index (χ4n) is 1.70. The number of hydrogen-bond donors (Lipinski definition) is 2. The SMILES string of the molecule is Cn1ccnc1CCNC(=O)c1ccc(N)c(F)c1. The number of aryl methyl sites for hydroxylation is 1. The van der Waals surface area contributed by atoms with Gasteiger partial charge in [0.2, 0.25) is 0 Å². The minimum absolute atomic E-state index is 0.0320. The Morgan fingerprint density at radius 3 is 2.95 bits per heavy atom. The van der Waals surface area contributed by atoms with E-state index >= 15 is 0 Å². The van der Waals surface area contributed by atoms with Gasteiger partial charge in [0.25, 0.3) is 5.91 Å². The van der Waals surface area contributed by atoms with Gasteiger partial charge in [-0.2, -0.15) is 0 Å². The Balaban J connectivity index is 1.91. The highest BCUT2D eigenvalue weighted by atomic mass is 19.1. The van der Waals surface area contributed by atoms with E-state index < -0.39 is 5.82 Å². The Hall–Kier alpha value is -2.37. The average molecular weight is 262 g/mol. The standard InChI is InChI=1S/C13H15FN4O/c1-18-7-6-16-12(18)4-5-17-13(19)9-2-3-11(15)10(14)8-9/h2-3,6-8H,4-5,15H2,1H3,(H,17,19). The Labute approximate surface area is 110 Å². The summed E-state index contributed by atoms with van der Waals surface area (Å²) in [6.07, 6.45) is 4.16. The fourth-order valence-corrected chi connectivity index (χ4v) is 1.70. The number of benzene rings is 1. The maximum atomic E-state index is 13.2. The number of halogens is 1. The third-order valence-electron chi connectivity index (χ3n) is 2.82. The lowest BCUT2D eigenvalue weighted by Crippen LogP contribution is -2.26. The molecule has 0 saturated heterocycles. The molecule has 3 N–H and O–H groups in total. The highest BCUT2D eigenvalue weighted by Gasteiger charge is 2.08. The van der Waals surface area contributed by atoms with E-state index in [1.807, 2.05) is 17.8 Å². The molecule has 0 fully saturated rings. The van der Waals surface area contributed by atoms with Crippen molar-refractivity contribution in [1.29, 1.82) is 0 Å². The highest BCUT2D eigenvalue weighted by Crippen LogP contribution is 2.11. The topological polar surface area (TPSA) is 72.9 Å². The molecule has 5 nitrogen and oxygen atoms in total. The van der Waals surface area contributed by atoms with Crippen molar-refractivity contribution in [1.82, 2.24) is 14.9 Å². The number of aromatic nitrogens is 2. The number of rotatable bonds is 4. The fraction of sp³-hybridized carbons (Fsp3) is 0.231. The third-order valence-corrected chi connectivity index (χ3v) is 2.82. The van der Waals surface area contributed by atoms with Crippen LogP contribution in [0.5, 0.6) is 0 Å². The maximum absolute atomic E-state index is 13.2. The van der Waals surface area contributed by atoms with Crippen LogP contribution in [0.3, 0.4) is 0 Å². The molecule has 1 aromatic heterocycles. The van der Waals surface area contributed by atoms with Crippen molar-refractivity contribution in [2.24, 2.45) is 7.05 Å². The van der Waals surface area contributed by atoms with Crippen LogP contribution in [-0.2, 0) is 13.5 Å². The van der Waals surface area contributed by atoms with Gasteiger partial charge in [-0.15, -0.1) is 0 Å². The highest BCUT2D eigenvalue weighted by molar-refractivity contribution is 5.94. The molecule has 0 atom stereocenters. The summed E-state index contributed by atoms with van der Waals surface area (Å²) in [5.41, 5.74) is 5.64. The van der Waals surface area contributed by atoms with Gasteiger partial charge >= 0.3 is 0 Å². The number of hydrogen-bond acceptors (Lipinski definition) is 3. The second-order valence-corrected chi connectivity index (χ2v) is 4.20. The van der Waals surface area contributed by atoms with E-state index in [1.54, 1.807) is 6.20 Å². The molecule has 1 heterocycles. The summed E-state index contributed by atoms with van der Waals surface area (Å²) in [6, 6.07) is 4.00. The van der Waals surface area contributed by atoms with E-state index in [1.165, 1.54) is 12.1 Å². The number of imidazole rings is 1. The van der Waals surface area contributed by atoms with Crippen LogP contribution in [0.25, 0.3) is 0 Å². The second-order valence-electron chi connectivity index (χ2n) is 4.20. The predicted octanol–water partition coefficient (Wildman–Crippen LogP) is 1.11. The maximum Gasteiger partial charge on any atom is 0.251 e. The zero-order valence-corrected chi connectivity index (χ0v) is 10.6. The first-order chi connectivity index (χ1) is 9.08. The molecular formula is C13H15FN4O. The van der Waals surface area contributed by atoms with Crippen LogP contribution in [0.1, 0.15) is 16.2 Å². The first-order valence-corrected chi connectivity index (χ1v) is 5.87. The van der Waals surface area contributed by atoms with Crippen molar-refractivity contribution in [3.05, 3.63) is 47.8 Å².